The summed E-state index contributed by atoms with van der Waals surface area (Å²) in [7, 11) is 0. The van der Waals surface area contributed by atoms with E-state index < -0.39 is 97.3 Å². The van der Waals surface area contributed by atoms with Crippen molar-refractivity contribution in [3.63, 3.8) is 0 Å². The summed E-state index contributed by atoms with van der Waals surface area (Å²) in [5.74, 6) is -9.34. The summed E-state index contributed by atoms with van der Waals surface area (Å²) in [5.41, 5.74) is 2.25. The number of amides is 4. The minimum Gasteiger partial charge on any atom is -0.481 e. The Morgan fingerprint density at radius 3 is 1.66 bits per heavy atom. The number of hydrogen-bond acceptors (Lipinski definition) is 15. The summed E-state index contributed by atoms with van der Waals surface area (Å²) >= 11 is 5.54. The molecule has 1 saturated heterocycles. The van der Waals surface area contributed by atoms with Crippen LogP contribution in [0.1, 0.15) is 68.9 Å². The highest BCUT2D eigenvalue weighted by atomic mass is 32.1. The molecule has 0 saturated carbocycles. The fourth-order valence-electron chi connectivity index (χ4n) is 9.34. The van der Waals surface area contributed by atoms with Crippen LogP contribution < -0.4 is 31.9 Å². The molecule has 0 bridgehead atoms. The van der Waals surface area contributed by atoms with Crippen LogP contribution in [0.2, 0.25) is 0 Å². The van der Waals surface area contributed by atoms with Crippen molar-refractivity contribution in [3.05, 3.63) is 77.9 Å². The normalized spacial score (nSPS) is 15.9. The Morgan fingerprint density at radius 1 is 0.518 bits per heavy atom. The molecule has 4 amide bonds. The first-order chi connectivity index (χ1) is 39.5. The van der Waals surface area contributed by atoms with Gasteiger partial charge in [-0.25, -0.2) is 14.4 Å². The lowest BCUT2D eigenvalue weighted by atomic mass is 10.0. The van der Waals surface area contributed by atoms with Gasteiger partial charge in [0, 0.05) is 89.9 Å². The van der Waals surface area contributed by atoms with Gasteiger partial charge >= 0.3 is 47.8 Å². The van der Waals surface area contributed by atoms with Crippen LogP contribution in [0.3, 0.4) is 0 Å². The summed E-state index contributed by atoms with van der Waals surface area (Å²) in [6, 6.07) is 15.1. The summed E-state index contributed by atoms with van der Waals surface area (Å²) in [6.45, 7) is 0.320. The van der Waals surface area contributed by atoms with Crippen molar-refractivity contribution < 1.29 is 83.7 Å². The molecular formula is C55H76N10O17S. The van der Waals surface area contributed by atoms with Crippen LogP contribution in [0.25, 0.3) is 10.8 Å². The summed E-state index contributed by atoms with van der Waals surface area (Å²) in [6.07, 6.45) is 1.89. The Bertz CT molecular complexity index is 2700. The molecule has 1 fully saturated rings. The second kappa shape index (κ2) is 35.7. The van der Waals surface area contributed by atoms with Crippen molar-refractivity contribution in [1.82, 2.24) is 46.2 Å². The number of anilines is 1. The van der Waals surface area contributed by atoms with Crippen LogP contribution in [0.4, 0.5) is 10.5 Å². The first-order valence-corrected chi connectivity index (χ1v) is 27.7. The van der Waals surface area contributed by atoms with Crippen molar-refractivity contribution in [2.24, 2.45) is 0 Å². The van der Waals surface area contributed by atoms with Gasteiger partial charge in [0.15, 0.2) is 5.11 Å². The summed E-state index contributed by atoms with van der Waals surface area (Å²) < 4.78 is 0. The molecule has 1 aliphatic heterocycles. The monoisotopic (exact) mass is 1180 g/mol. The number of nitrogens with one attached hydrogen (secondary N) is 6. The van der Waals surface area contributed by atoms with Gasteiger partial charge in [-0.2, -0.15) is 0 Å². The number of benzene rings is 3. The molecule has 28 heteroatoms. The van der Waals surface area contributed by atoms with Gasteiger partial charge in [-0.05, 0) is 91.2 Å². The highest BCUT2D eigenvalue weighted by molar-refractivity contribution is 7.80. The number of aliphatic carboxylic acids is 7. The first kappa shape index (κ1) is 67.5. The molecule has 1 heterocycles. The number of unbranched alkanes of at least 4 members (excludes halogenated alkanes) is 3. The molecule has 0 aliphatic carbocycles. The number of carbonyl (C=O) groups excluding carboxylic acids is 3. The van der Waals surface area contributed by atoms with Crippen LogP contribution in [0.5, 0.6) is 0 Å². The van der Waals surface area contributed by atoms with E-state index in [-0.39, 0.29) is 104 Å². The van der Waals surface area contributed by atoms with Crippen LogP contribution in [0, 0.1) is 0 Å². The molecule has 4 rings (SSSR count). The van der Waals surface area contributed by atoms with E-state index in [1.54, 1.807) is 31.7 Å². The van der Waals surface area contributed by atoms with E-state index in [4.69, 9.17) is 17.3 Å². The Morgan fingerprint density at radius 2 is 1.06 bits per heavy atom. The molecule has 0 radical (unpaired) electrons. The Balaban J connectivity index is 1.28. The first-order valence-electron chi connectivity index (χ1n) is 27.2. The number of carbonyl (C=O) groups is 10. The standard InChI is InChI=1S/C55H76N10O17S/c66-45(59-44(30-37-12-15-38-8-3-4-9-39(38)28-37)51(77)56-20-7-5-10-42(52(78)79)60-54(82)61-43(53(80)81)18-19-46(67)68)11-2-1-6-21-57-55(83)58-40-16-13-36(14-17-40)29-41-31-64(34-49(73)74)25-24-62(32-47(69)70)22-23-63(33-48(71)72)26-27-65(41)35-50(75)76/h3-4,8-9,12-17,28,41-44H,1-2,5-7,10-11,18-27,29-35H2,(H,56,77)(H,59,66)(H,67,68)(H,69,70)(H,71,72)(H,73,74)(H,75,76)(H,78,79)(H,80,81)(H2,57,58,83)(H2,60,61,82)/t41?,42-,43-,44-/m0/s1. The number of thiocarbonyl (C=S) groups is 1. The van der Waals surface area contributed by atoms with E-state index in [2.05, 4.69) is 31.9 Å². The van der Waals surface area contributed by atoms with Crippen LogP contribution in [0.15, 0.2) is 66.7 Å². The molecule has 27 nitrogen and oxygen atoms in total. The maximum atomic E-state index is 13.6. The largest absolute Gasteiger partial charge is 0.481 e. The average molecular weight is 1180 g/mol. The smallest absolute Gasteiger partial charge is 0.326 e. The predicted octanol–water partition coefficient (Wildman–Crippen LogP) is 1.24. The number of carboxylic acids is 7. The molecular weight excluding hydrogens is 1100 g/mol. The maximum Gasteiger partial charge on any atom is 0.326 e. The molecule has 4 atom stereocenters. The molecule has 1 aliphatic rings. The third-order valence-corrected chi connectivity index (χ3v) is 13.8. The van der Waals surface area contributed by atoms with Crippen molar-refractivity contribution in [3.8, 4) is 0 Å². The SMILES string of the molecule is O=C(O)CC[C@H](NC(=O)N[C@@H](CCCCNC(=O)[C@H](Cc1ccc2ccccc2c1)NC(=O)CCCCCNC(=S)Nc1ccc(CC2CN(CC(=O)O)CCN(CC(=O)O)CCN(CC(=O)O)CCN2CC(=O)O)cc1)C(=O)O)C(=O)O. The molecule has 0 spiro atoms. The molecule has 83 heavy (non-hydrogen) atoms. The number of nitrogens with zero attached hydrogens (tertiary/aromatic N) is 4. The van der Waals surface area contributed by atoms with E-state index in [9.17, 15) is 78.6 Å². The number of urea groups is 1. The fraction of sp³-hybridized carbons (Fsp3) is 0.509. The maximum absolute atomic E-state index is 13.6. The molecule has 3 aromatic rings. The van der Waals surface area contributed by atoms with E-state index in [0.717, 1.165) is 21.9 Å². The zero-order valence-electron chi connectivity index (χ0n) is 46.0. The fourth-order valence-corrected chi connectivity index (χ4v) is 9.56. The van der Waals surface area contributed by atoms with Gasteiger partial charge in [-0.15, -0.1) is 0 Å². The lowest BCUT2D eigenvalue weighted by Gasteiger charge is -2.37. The van der Waals surface area contributed by atoms with Crippen LogP contribution in [-0.2, 0) is 56.0 Å². The van der Waals surface area contributed by atoms with Gasteiger partial charge < -0.3 is 67.6 Å². The van der Waals surface area contributed by atoms with Gasteiger partial charge in [0.1, 0.15) is 18.1 Å². The van der Waals surface area contributed by atoms with Gasteiger partial charge in [-0.1, -0.05) is 61.0 Å². The van der Waals surface area contributed by atoms with Crippen molar-refractivity contribution >= 4 is 93.4 Å². The minimum atomic E-state index is -1.55. The van der Waals surface area contributed by atoms with Crippen molar-refractivity contribution in [2.45, 2.75) is 94.8 Å². The van der Waals surface area contributed by atoms with Crippen molar-refractivity contribution in [2.75, 3.05) is 90.4 Å². The minimum absolute atomic E-state index is 0.0710. The van der Waals surface area contributed by atoms with Gasteiger partial charge in [0.05, 0.1) is 26.2 Å². The van der Waals surface area contributed by atoms with E-state index in [0.29, 0.717) is 49.4 Å². The average Bonchev–Trinajstić information content (AvgIpc) is 3.44. The number of hydrogen-bond donors (Lipinski definition) is 13. The Hall–Kier alpha value is -8.05. The quantitative estimate of drug-likeness (QED) is 0.0301. The number of fused-ring (bicyclic) bond motifs is 1. The summed E-state index contributed by atoms with van der Waals surface area (Å²) in [4.78, 5) is 128. The third kappa shape index (κ3) is 27.1. The molecule has 0 aromatic heterocycles. The molecule has 13 N–H and O–H groups in total. The zero-order valence-corrected chi connectivity index (χ0v) is 46.9. The van der Waals surface area contributed by atoms with Gasteiger partial charge in [-0.3, -0.25) is 53.2 Å². The zero-order chi connectivity index (χ0) is 60.8. The third-order valence-electron chi connectivity index (χ3n) is 13.6. The highest BCUT2D eigenvalue weighted by Gasteiger charge is 2.29. The number of carboxylic acid groups (broad SMARTS) is 7. The highest BCUT2D eigenvalue weighted by Crippen LogP contribution is 2.19. The topological polar surface area (TPSA) is 397 Å². The van der Waals surface area contributed by atoms with Gasteiger partial charge in [0.25, 0.3) is 0 Å². The second-order valence-corrected chi connectivity index (χ2v) is 20.6. The van der Waals surface area contributed by atoms with E-state index in [1.165, 1.54) is 0 Å². The predicted molar refractivity (Wildman–Crippen MR) is 306 cm³/mol. The van der Waals surface area contributed by atoms with Crippen molar-refractivity contribution in [1.29, 1.82) is 0 Å². The molecule has 1 unspecified atom stereocenters. The van der Waals surface area contributed by atoms with E-state index >= 15 is 0 Å². The molecule has 3 aromatic carbocycles. The number of rotatable bonds is 33. The summed E-state index contributed by atoms with van der Waals surface area (Å²) in [5, 5.41) is 85.2. The van der Waals surface area contributed by atoms with Crippen LogP contribution >= 0.6 is 12.2 Å². The molecule has 454 valence electrons. The second-order valence-electron chi connectivity index (χ2n) is 20.2. The van der Waals surface area contributed by atoms with E-state index in [1.807, 2.05) is 54.6 Å². The Kier molecular flexibility index (Phi) is 29.0. The van der Waals surface area contributed by atoms with Gasteiger partial charge in [0.2, 0.25) is 11.8 Å². The van der Waals surface area contributed by atoms with Crippen LogP contribution in [-0.4, -0.2) is 229 Å². The lowest BCUT2D eigenvalue weighted by Crippen LogP contribution is -2.53. The Labute approximate surface area is 484 Å². The lowest BCUT2D eigenvalue weighted by molar-refractivity contribution is -0.142.